The zero-order valence-corrected chi connectivity index (χ0v) is 13.3. The number of aryl methyl sites for hydroxylation is 1. The highest BCUT2D eigenvalue weighted by atomic mass is 16.5. The minimum atomic E-state index is 0.201. The van der Waals surface area contributed by atoms with E-state index >= 15 is 0 Å². The quantitative estimate of drug-likeness (QED) is 0.862. The predicted octanol–water partition coefficient (Wildman–Crippen LogP) is 3.79. The van der Waals surface area contributed by atoms with E-state index in [2.05, 4.69) is 4.98 Å². The maximum absolute atomic E-state index is 11.8. The van der Waals surface area contributed by atoms with Gasteiger partial charge in [-0.15, -0.1) is 0 Å². The summed E-state index contributed by atoms with van der Waals surface area (Å²) in [5, 5.41) is 0. The average Bonchev–Trinajstić information content (AvgIpc) is 2.59. The maximum Gasteiger partial charge on any atom is 0.164 e. The maximum atomic E-state index is 11.8. The van der Waals surface area contributed by atoms with Gasteiger partial charge in [0.05, 0.1) is 25.6 Å². The van der Waals surface area contributed by atoms with Crippen LogP contribution in [0.25, 0.3) is 12.2 Å². The number of methoxy groups -OCH3 is 2. The Labute approximate surface area is 135 Å². The van der Waals surface area contributed by atoms with Crippen LogP contribution in [0.15, 0.2) is 30.3 Å². The van der Waals surface area contributed by atoms with Crippen molar-refractivity contribution in [2.75, 3.05) is 14.2 Å². The van der Waals surface area contributed by atoms with Crippen LogP contribution < -0.4 is 9.47 Å². The number of ketones is 1. The van der Waals surface area contributed by atoms with Gasteiger partial charge in [-0.25, -0.2) is 0 Å². The fourth-order valence-electron chi connectivity index (χ4n) is 2.71. The van der Waals surface area contributed by atoms with Gasteiger partial charge in [0.15, 0.2) is 5.78 Å². The van der Waals surface area contributed by atoms with E-state index in [0.29, 0.717) is 6.42 Å². The highest BCUT2D eigenvalue weighted by Gasteiger charge is 2.17. The first-order valence-corrected chi connectivity index (χ1v) is 7.64. The second-order valence-electron chi connectivity index (χ2n) is 5.49. The SMILES string of the molecule is COc1cc(C=Cc2ccc3c(n2)CCCC3=O)cc(OC)c1. The van der Waals surface area contributed by atoms with Gasteiger partial charge in [0.2, 0.25) is 0 Å². The van der Waals surface area contributed by atoms with Gasteiger partial charge in [-0.3, -0.25) is 9.78 Å². The molecule has 23 heavy (non-hydrogen) atoms. The molecule has 4 nitrogen and oxygen atoms in total. The van der Waals surface area contributed by atoms with Gasteiger partial charge in [-0.1, -0.05) is 6.08 Å². The van der Waals surface area contributed by atoms with Crippen LogP contribution in [-0.2, 0) is 6.42 Å². The molecule has 2 aromatic rings. The lowest BCUT2D eigenvalue weighted by atomic mass is 9.94. The first-order valence-electron chi connectivity index (χ1n) is 7.64. The molecule has 0 saturated heterocycles. The highest BCUT2D eigenvalue weighted by molar-refractivity contribution is 5.98. The van der Waals surface area contributed by atoms with Crippen molar-refractivity contribution in [3.8, 4) is 11.5 Å². The van der Waals surface area contributed by atoms with Crippen molar-refractivity contribution in [2.24, 2.45) is 0 Å². The largest absolute Gasteiger partial charge is 0.497 e. The van der Waals surface area contributed by atoms with Crippen molar-refractivity contribution in [3.05, 3.63) is 52.8 Å². The van der Waals surface area contributed by atoms with Crippen molar-refractivity contribution < 1.29 is 14.3 Å². The molecule has 1 aromatic heterocycles. The molecule has 0 unspecified atom stereocenters. The molecule has 0 aliphatic heterocycles. The molecule has 4 heteroatoms. The molecule has 3 rings (SSSR count). The van der Waals surface area contributed by atoms with Crippen LogP contribution in [0.2, 0.25) is 0 Å². The lowest BCUT2D eigenvalue weighted by molar-refractivity contribution is 0.0971. The predicted molar refractivity (Wildman–Crippen MR) is 90.0 cm³/mol. The number of aromatic nitrogens is 1. The summed E-state index contributed by atoms with van der Waals surface area (Å²) in [4.78, 5) is 16.4. The molecule has 1 aliphatic rings. The van der Waals surface area contributed by atoms with Crippen LogP contribution in [0.4, 0.5) is 0 Å². The number of benzene rings is 1. The van der Waals surface area contributed by atoms with E-state index in [-0.39, 0.29) is 5.78 Å². The molecule has 1 heterocycles. The standard InChI is InChI=1S/C19H19NO3/c1-22-15-10-13(11-16(12-15)23-2)6-7-14-8-9-17-18(20-14)4-3-5-19(17)21/h6-12H,3-5H2,1-2H3. The lowest BCUT2D eigenvalue weighted by Gasteiger charge is -2.13. The van der Waals surface area contributed by atoms with Crippen molar-refractivity contribution in [3.63, 3.8) is 0 Å². The van der Waals surface area contributed by atoms with Crippen molar-refractivity contribution in [2.45, 2.75) is 19.3 Å². The van der Waals surface area contributed by atoms with Crippen LogP contribution in [0.1, 0.15) is 40.2 Å². The Hall–Kier alpha value is -2.62. The third-order valence-corrected chi connectivity index (χ3v) is 3.93. The fourth-order valence-corrected chi connectivity index (χ4v) is 2.71. The first-order chi connectivity index (χ1) is 11.2. The molecule has 0 radical (unpaired) electrons. The number of fused-ring (bicyclic) bond motifs is 1. The molecule has 0 spiro atoms. The Morgan fingerprint density at radius 2 is 1.74 bits per heavy atom. The molecule has 118 valence electrons. The van der Waals surface area contributed by atoms with Crippen LogP contribution in [-0.4, -0.2) is 25.0 Å². The van der Waals surface area contributed by atoms with E-state index in [1.807, 2.05) is 42.5 Å². The number of ether oxygens (including phenoxy) is 2. The van der Waals surface area contributed by atoms with E-state index in [9.17, 15) is 4.79 Å². The van der Waals surface area contributed by atoms with E-state index in [1.54, 1.807) is 14.2 Å². The third kappa shape index (κ3) is 3.42. The second kappa shape index (κ2) is 6.65. The van der Waals surface area contributed by atoms with Crippen molar-refractivity contribution in [1.29, 1.82) is 0 Å². The van der Waals surface area contributed by atoms with E-state index in [1.165, 1.54) is 0 Å². The highest BCUT2D eigenvalue weighted by Crippen LogP contribution is 2.24. The number of hydrogen-bond acceptors (Lipinski definition) is 4. The smallest absolute Gasteiger partial charge is 0.164 e. The molecule has 0 atom stereocenters. The van der Waals surface area contributed by atoms with Crippen LogP contribution >= 0.6 is 0 Å². The lowest BCUT2D eigenvalue weighted by Crippen LogP contribution is -2.12. The normalized spacial score (nSPS) is 13.9. The fraction of sp³-hybridized carbons (Fsp3) is 0.263. The molecule has 0 bridgehead atoms. The Balaban J connectivity index is 1.87. The average molecular weight is 309 g/mol. The molecular weight excluding hydrogens is 290 g/mol. The van der Waals surface area contributed by atoms with Gasteiger partial charge in [0, 0.05) is 18.1 Å². The van der Waals surface area contributed by atoms with E-state index in [4.69, 9.17) is 9.47 Å². The number of carbonyl (C=O) groups excluding carboxylic acids is 1. The van der Waals surface area contributed by atoms with Gasteiger partial charge in [-0.05, 0) is 48.7 Å². The van der Waals surface area contributed by atoms with Crippen molar-refractivity contribution in [1.82, 2.24) is 4.98 Å². The minimum absolute atomic E-state index is 0.201. The second-order valence-corrected chi connectivity index (χ2v) is 5.49. The third-order valence-electron chi connectivity index (χ3n) is 3.93. The number of hydrogen-bond donors (Lipinski definition) is 0. The molecule has 0 N–H and O–H groups in total. The molecule has 0 saturated carbocycles. The number of carbonyl (C=O) groups is 1. The van der Waals surface area contributed by atoms with Gasteiger partial charge in [0.25, 0.3) is 0 Å². The number of pyridine rings is 1. The van der Waals surface area contributed by atoms with Gasteiger partial charge >= 0.3 is 0 Å². The summed E-state index contributed by atoms with van der Waals surface area (Å²) in [7, 11) is 3.26. The summed E-state index contributed by atoms with van der Waals surface area (Å²) >= 11 is 0. The van der Waals surface area contributed by atoms with E-state index in [0.717, 1.165) is 46.9 Å². The Morgan fingerprint density at radius 1 is 1.00 bits per heavy atom. The molecule has 1 aromatic carbocycles. The zero-order chi connectivity index (χ0) is 16.2. The van der Waals surface area contributed by atoms with Crippen LogP contribution in [0, 0.1) is 0 Å². The Morgan fingerprint density at radius 3 is 2.43 bits per heavy atom. The summed E-state index contributed by atoms with van der Waals surface area (Å²) in [6.07, 6.45) is 6.29. The van der Waals surface area contributed by atoms with Crippen LogP contribution in [0.3, 0.4) is 0 Å². The first kappa shape index (κ1) is 15.3. The summed E-state index contributed by atoms with van der Waals surface area (Å²) in [5.41, 5.74) is 3.50. The zero-order valence-electron chi connectivity index (χ0n) is 13.3. The molecule has 0 fully saturated rings. The van der Waals surface area contributed by atoms with Gasteiger partial charge < -0.3 is 9.47 Å². The Bertz CT molecular complexity index is 743. The number of Topliss-reactive ketones (excluding diaryl/α,β-unsaturated/α-hetero) is 1. The molecular formula is C19H19NO3. The topological polar surface area (TPSA) is 48.4 Å². The summed E-state index contributed by atoms with van der Waals surface area (Å²) in [5.74, 6) is 1.69. The number of nitrogens with zero attached hydrogens (tertiary/aromatic N) is 1. The summed E-state index contributed by atoms with van der Waals surface area (Å²) < 4.78 is 10.5. The Kier molecular flexibility index (Phi) is 4.42. The van der Waals surface area contributed by atoms with E-state index < -0.39 is 0 Å². The number of rotatable bonds is 4. The monoisotopic (exact) mass is 309 g/mol. The molecule has 0 amide bonds. The van der Waals surface area contributed by atoms with Crippen LogP contribution in [0.5, 0.6) is 11.5 Å². The van der Waals surface area contributed by atoms with Gasteiger partial charge in [0.1, 0.15) is 11.5 Å². The van der Waals surface area contributed by atoms with Gasteiger partial charge in [-0.2, -0.15) is 0 Å². The minimum Gasteiger partial charge on any atom is -0.497 e. The molecule has 1 aliphatic carbocycles. The van der Waals surface area contributed by atoms with Crippen molar-refractivity contribution >= 4 is 17.9 Å². The summed E-state index contributed by atoms with van der Waals surface area (Å²) in [6.45, 7) is 0. The summed E-state index contributed by atoms with van der Waals surface area (Å²) in [6, 6.07) is 9.47.